The van der Waals surface area contributed by atoms with Crippen LogP contribution in [0.2, 0.25) is 0 Å². The van der Waals surface area contributed by atoms with Gasteiger partial charge in [-0.25, -0.2) is 4.98 Å². The van der Waals surface area contributed by atoms with Gasteiger partial charge in [-0.2, -0.15) is 0 Å². The highest BCUT2D eigenvalue weighted by molar-refractivity contribution is 7.80. The van der Waals surface area contributed by atoms with E-state index in [1.165, 1.54) is 11.1 Å². The molecular formula is C22H20N4O2S. The summed E-state index contributed by atoms with van der Waals surface area (Å²) in [6.45, 7) is 0. The highest BCUT2D eigenvalue weighted by atomic mass is 32.1. The Morgan fingerprint density at radius 2 is 1.86 bits per heavy atom. The number of aromatic amines is 1. The normalized spacial score (nSPS) is 12.1. The van der Waals surface area contributed by atoms with Gasteiger partial charge in [0, 0.05) is 71.4 Å². The summed E-state index contributed by atoms with van der Waals surface area (Å²) < 4.78 is 0. The van der Waals surface area contributed by atoms with Crippen LogP contribution in [0.25, 0.3) is 33.3 Å². The highest BCUT2D eigenvalue weighted by Gasteiger charge is 2.20. The molecule has 1 aromatic carbocycles. The molecular weight excluding hydrogens is 384 g/mol. The number of aromatic nitrogens is 3. The Morgan fingerprint density at radius 3 is 2.62 bits per heavy atom. The van der Waals surface area contributed by atoms with Gasteiger partial charge in [-0.1, -0.05) is 18.2 Å². The fraction of sp³-hybridized carbons (Fsp3) is 0.136. The number of thiol groups is 1. The average molecular weight is 404 g/mol. The van der Waals surface area contributed by atoms with Crippen molar-refractivity contribution in [1.82, 2.24) is 19.9 Å². The molecule has 1 unspecified atom stereocenters. The molecule has 3 aromatic heterocycles. The van der Waals surface area contributed by atoms with Gasteiger partial charge < -0.3 is 15.0 Å². The topological polar surface area (TPSA) is 82.1 Å². The van der Waals surface area contributed by atoms with Crippen molar-refractivity contribution in [3.8, 4) is 22.3 Å². The van der Waals surface area contributed by atoms with E-state index in [1.807, 2.05) is 36.5 Å². The molecule has 0 spiro atoms. The van der Waals surface area contributed by atoms with Crippen LogP contribution in [-0.2, 0) is 4.79 Å². The van der Waals surface area contributed by atoms with Crippen LogP contribution in [0.4, 0.5) is 0 Å². The molecule has 2 N–H and O–H groups in total. The lowest BCUT2D eigenvalue weighted by atomic mass is 10.0. The Labute approximate surface area is 173 Å². The van der Waals surface area contributed by atoms with Gasteiger partial charge >= 0.3 is 0 Å². The van der Waals surface area contributed by atoms with Crippen LogP contribution in [-0.4, -0.2) is 45.0 Å². The van der Waals surface area contributed by atoms with Gasteiger partial charge in [-0.05, 0) is 23.8 Å². The first-order valence-corrected chi connectivity index (χ1v) is 9.50. The molecule has 146 valence electrons. The Bertz CT molecular complexity index is 1200. The van der Waals surface area contributed by atoms with Crippen molar-refractivity contribution in [3.63, 3.8) is 0 Å². The van der Waals surface area contributed by atoms with Crippen LogP contribution in [0.3, 0.4) is 0 Å². The largest absolute Gasteiger partial charge is 0.378 e. The molecule has 4 rings (SSSR count). The van der Waals surface area contributed by atoms with Crippen LogP contribution in [0.1, 0.15) is 11.7 Å². The van der Waals surface area contributed by atoms with Crippen LogP contribution in [0, 0.1) is 0 Å². The second-order valence-electron chi connectivity index (χ2n) is 6.98. The smallest absolute Gasteiger partial charge is 0.255 e. The Morgan fingerprint density at radius 1 is 1.10 bits per heavy atom. The van der Waals surface area contributed by atoms with E-state index in [4.69, 9.17) is 0 Å². The maximum Gasteiger partial charge on any atom is 0.255 e. The summed E-state index contributed by atoms with van der Waals surface area (Å²) in [6.07, 6.45) is 5.60. The number of pyridine rings is 2. The molecule has 0 radical (unpaired) electrons. The number of nitrogens with zero attached hydrogens (tertiary/aromatic N) is 3. The first kappa shape index (κ1) is 19.2. The number of fused-ring (bicyclic) bond motifs is 1. The van der Waals surface area contributed by atoms with Gasteiger partial charge in [0.15, 0.2) is 6.10 Å². The van der Waals surface area contributed by atoms with E-state index in [-0.39, 0.29) is 0 Å². The Kier molecular flexibility index (Phi) is 5.08. The Balaban J connectivity index is 1.78. The van der Waals surface area contributed by atoms with E-state index >= 15 is 0 Å². The first-order valence-electron chi connectivity index (χ1n) is 9.05. The summed E-state index contributed by atoms with van der Waals surface area (Å²) in [6, 6.07) is 11.7. The summed E-state index contributed by atoms with van der Waals surface area (Å²) in [5.74, 6) is -0.393. The maximum atomic E-state index is 12.1. The maximum absolute atomic E-state index is 12.1. The van der Waals surface area contributed by atoms with Gasteiger partial charge in [0.05, 0.1) is 0 Å². The number of aliphatic hydroxyl groups is 1. The third kappa shape index (κ3) is 3.62. The van der Waals surface area contributed by atoms with E-state index < -0.39 is 12.0 Å². The van der Waals surface area contributed by atoms with Crippen LogP contribution in [0.15, 0.2) is 66.1 Å². The minimum absolute atomic E-state index is 0.393. The van der Waals surface area contributed by atoms with E-state index in [2.05, 4.69) is 27.6 Å². The lowest BCUT2D eigenvalue weighted by Gasteiger charge is -2.16. The van der Waals surface area contributed by atoms with Crippen molar-refractivity contribution in [2.24, 2.45) is 0 Å². The number of hydrogen-bond acceptors (Lipinski definition) is 5. The quantitative estimate of drug-likeness (QED) is 0.453. The number of carbonyl (C=O) groups is 1. The molecule has 0 aliphatic rings. The molecule has 0 aliphatic heterocycles. The SMILES string of the molecule is CN(C)C(=O)C(O)c1cncc(-c2cnc3[nH]cc(-c4ccccc4S)c3c2)c1. The van der Waals surface area contributed by atoms with E-state index in [9.17, 15) is 9.90 Å². The summed E-state index contributed by atoms with van der Waals surface area (Å²) in [5.41, 5.74) is 4.85. The highest BCUT2D eigenvalue weighted by Crippen LogP contribution is 2.34. The number of hydrogen-bond donors (Lipinski definition) is 3. The zero-order valence-corrected chi connectivity index (χ0v) is 16.9. The third-order valence-corrected chi connectivity index (χ3v) is 5.20. The zero-order chi connectivity index (χ0) is 20.5. The summed E-state index contributed by atoms with van der Waals surface area (Å²) in [4.78, 5) is 26.3. The average Bonchev–Trinajstić information content (AvgIpc) is 3.16. The van der Waals surface area contributed by atoms with Crippen molar-refractivity contribution >= 4 is 29.6 Å². The number of aliphatic hydroxyl groups excluding tert-OH is 1. The third-order valence-electron chi connectivity index (χ3n) is 4.81. The molecule has 0 aliphatic carbocycles. The molecule has 1 amide bonds. The number of amides is 1. The zero-order valence-electron chi connectivity index (χ0n) is 16.0. The monoisotopic (exact) mass is 404 g/mol. The predicted octanol–water partition coefficient (Wildman–Crippen LogP) is 3.70. The second-order valence-corrected chi connectivity index (χ2v) is 7.46. The number of nitrogens with one attached hydrogen (secondary N) is 1. The number of H-pyrrole nitrogens is 1. The molecule has 29 heavy (non-hydrogen) atoms. The van der Waals surface area contributed by atoms with Crippen molar-refractivity contribution < 1.29 is 9.90 Å². The van der Waals surface area contributed by atoms with E-state index in [1.54, 1.807) is 32.6 Å². The molecule has 3 heterocycles. The lowest BCUT2D eigenvalue weighted by molar-refractivity contribution is -0.137. The van der Waals surface area contributed by atoms with Gasteiger partial charge in [0.2, 0.25) is 0 Å². The molecule has 0 bridgehead atoms. The van der Waals surface area contributed by atoms with Crippen molar-refractivity contribution in [1.29, 1.82) is 0 Å². The van der Waals surface area contributed by atoms with Crippen molar-refractivity contribution in [3.05, 3.63) is 66.7 Å². The van der Waals surface area contributed by atoms with Gasteiger partial charge in [0.1, 0.15) is 5.65 Å². The van der Waals surface area contributed by atoms with E-state index in [0.717, 1.165) is 38.2 Å². The minimum atomic E-state index is -1.26. The molecule has 7 heteroatoms. The van der Waals surface area contributed by atoms with Gasteiger partial charge in [-0.3, -0.25) is 9.78 Å². The number of likely N-dealkylation sites (N-methyl/N-ethyl adjacent to an activating group) is 1. The molecule has 0 saturated heterocycles. The van der Waals surface area contributed by atoms with E-state index in [0.29, 0.717) is 5.56 Å². The minimum Gasteiger partial charge on any atom is -0.378 e. The first-order chi connectivity index (χ1) is 14.0. The predicted molar refractivity (Wildman–Crippen MR) is 116 cm³/mol. The second kappa shape index (κ2) is 7.69. The van der Waals surface area contributed by atoms with Crippen LogP contribution < -0.4 is 0 Å². The Hall–Kier alpha value is -3.16. The summed E-state index contributed by atoms with van der Waals surface area (Å²) in [7, 11) is 3.21. The van der Waals surface area contributed by atoms with Crippen LogP contribution in [0.5, 0.6) is 0 Å². The summed E-state index contributed by atoms with van der Waals surface area (Å²) in [5, 5.41) is 11.3. The van der Waals surface area contributed by atoms with Gasteiger partial charge in [-0.15, -0.1) is 12.6 Å². The molecule has 1 atom stereocenters. The molecule has 6 nitrogen and oxygen atoms in total. The fourth-order valence-electron chi connectivity index (χ4n) is 3.24. The number of benzene rings is 1. The fourth-order valence-corrected chi connectivity index (χ4v) is 3.52. The summed E-state index contributed by atoms with van der Waals surface area (Å²) >= 11 is 4.57. The molecule has 0 saturated carbocycles. The molecule has 4 aromatic rings. The van der Waals surface area contributed by atoms with Crippen molar-refractivity contribution in [2.75, 3.05) is 14.1 Å². The number of rotatable bonds is 4. The molecule has 0 fully saturated rings. The van der Waals surface area contributed by atoms with Crippen molar-refractivity contribution in [2.45, 2.75) is 11.0 Å². The lowest BCUT2D eigenvalue weighted by Crippen LogP contribution is -2.28. The standard InChI is InChI=1S/C22H20N4O2S/c1-26(2)22(28)20(27)15-7-13(9-23-10-15)14-8-17-18(12-25-21(17)24-11-14)16-5-3-4-6-19(16)29/h3-12,20,27,29H,1-2H3,(H,24,25). The number of carbonyl (C=O) groups excluding carboxylic acids is 1. The van der Waals surface area contributed by atoms with Crippen LogP contribution >= 0.6 is 12.6 Å². The van der Waals surface area contributed by atoms with Gasteiger partial charge in [0.25, 0.3) is 5.91 Å².